The second kappa shape index (κ2) is 10.6. The molecule has 0 radical (unpaired) electrons. The molecule has 0 heterocycles. The number of carbonyl (C=O) groups is 3. The molecule has 2 aromatic carbocycles. The number of esters is 2. The zero-order valence-corrected chi connectivity index (χ0v) is 18.3. The normalized spacial score (nSPS) is 10.5. The molecule has 0 spiro atoms. The molecule has 142 valence electrons. The van der Waals surface area contributed by atoms with Crippen molar-refractivity contribution >= 4 is 63.1 Å². The molecule has 8 heteroatoms. The van der Waals surface area contributed by atoms with E-state index in [1.807, 2.05) is 45.2 Å². The van der Waals surface area contributed by atoms with Crippen molar-refractivity contribution in [1.29, 1.82) is 0 Å². The third kappa shape index (κ3) is 6.76. The molecule has 0 aliphatic rings. The Bertz CT molecular complexity index is 740. The molecule has 2 aromatic rings. The lowest BCUT2D eigenvalue weighted by molar-refractivity contribution is -0.306. The summed E-state index contributed by atoms with van der Waals surface area (Å²) in [6, 6.07) is 13.4. The molecule has 0 amide bonds. The van der Waals surface area contributed by atoms with E-state index in [4.69, 9.17) is 9.47 Å². The number of halogens is 2. The summed E-state index contributed by atoms with van der Waals surface area (Å²) in [5.74, 6) is -1.54. The molecule has 0 unspecified atom stereocenters. The minimum atomic E-state index is -1.18. The maximum atomic E-state index is 11.3. The van der Waals surface area contributed by atoms with Gasteiger partial charge in [0.1, 0.15) is 11.5 Å². The van der Waals surface area contributed by atoms with Crippen molar-refractivity contribution in [2.75, 3.05) is 8.86 Å². The summed E-state index contributed by atoms with van der Waals surface area (Å²) >= 11 is 3.82. The molecule has 2 rings (SSSR count). The molecular formula is C19H15I2O6-. The van der Waals surface area contributed by atoms with Crippen LogP contribution in [0.5, 0.6) is 11.5 Å². The van der Waals surface area contributed by atoms with Crippen molar-refractivity contribution in [1.82, 2.24) is 0 Å². The van der Waals surface area contributed by atoms with Crippen LogP contribution in [0.15, 0.2) is 48.5 Å². The largest absolute Gasteiger partial charge is 0.550 e. The number of carboxylic acid groups (broad SMARTS) is 1. The monoisotopic (exact) mass is 593 g/mol. The highest BCUT2D eigenvalue weighted by molar-refractivity contribution is 14.1. The highest BCUT2D eigenvalue weighted by Gasteiger charge is 2.16. The Morgan fingerprint density at radius 3 is 1.44 bits per heavy atom. The highest BCUT2D eigenvalue weighted by Crippen LogP contribution is 2.30. The predicted octanol–water partition coefficient (Wildman–Crippen LogP) is 2.64. The number of alkyl halides is 2. The number of ether oxygens (including phenoxy) is 2. The molecule has 0 N–H and O–H groups in total. The number of aliphatic carboxylic acids is 1. The Balaban J connectivity index is 2.23. The molecular weight excluding hydrogens is 578 g/mol. The second-order valence-electron chi connectivity index (χ2n) is 5.48. The maximum absolute atomic E-state index is 11.3. The van der Waals surface area contributed by atoms with Crippen LogP contribution in [0.1, 0.15) is 23.5 Å². The van der Waals surface area contributed by atoms with E-state index in [2.05, 4.69) is 0 Å². The van der Waals surface area contributed by atoms with Crippen LogP contribution in [-0.4, -0.2) is 26.8 Å². The van der Waals surface area contributed by atoms with E-state index in [0.29, 0.717) is 11.5 Å². The summed E-state index contributed by atoms with van der Waals surface area (Å²) in [5, 5.41) is 11.2. The molecule has 27 heavy (non-hydrogen) atoms. The lowest BCUT2D eigenvalue weighted by Crippen LogP contribution is -2.25. The zero-order valence-electron chi connectivity index (χ0n) is 14.0. The van der Waals surface area contributed by atoms with Gasteiger partial charge in [-0.25, -0.2) is 0 Å². The molecule has 0 fully saturated rings. The van der Waals surface area contributed by atoms with Crippen LogP contribution in [0.4, 0.5) is 0 Å². The van der Waals surface area contributed by atoms with Gasteiger partial charge in [-0.3, -0.25) is 9.59 Å². The fraction of sp³-hybridized carbons (Fsp3) is 0.211. The lowest BCUT2D eigenvalue weighted by atomic mass is 9.88. The van der Waals surface area contributed by atoms with Gasteiger partial charge in [-0.05, 0) is 41.8 Å². The molecule has 0 aliphatic heterocycles. The van der Waals surface area contributed by atoms with Crippen LogP contribution in [0, 0.1) is 0 Å². The first-order valence-corrected chi connectivity index (χ1v) is 10.9. The van der Waals surface area contributed by atoms with Crippen molar-refractivity contribution in [3.63, 3.8) is 0 Å². The third-order valence-corrected chi connectivity index (χ3v) is 4.86. The number of carbonyl (C=O) groups excluding carboxylic acids is 3. The Hall–Kier alpha value is -1.69. The van der Waals surface area contributed by atoms with Gasteiger partial charge in [0.2, 0.25) is 0 Å². The Morgan fingerprint density at radius 1 is 0.778 bits per heavy atom. The first-order chi connectivity index (χ1) is 12.9. The number of benzene rings is 2. The molecule has 0 aliphatic carbocycles. The van der Waals surface area contributed by atoms with Crippen LogP contribution in [0.2, 0.25) is 0 Å². The summed E-state index contributed by atoms with van der Waals surface area (Å²) in [4.78, 5) is 33.9. The van der Waals surface area contributed by atoms with Gasteiger partial charge in [-0.1, -0.05) is 69.4 Å². The average Bonchev–Trinajstić information content (AvgIpc) is 2.67. The van der Waals surface area contributed by atoms with Crippen molar-refractivity contribution < 1.29 is 29.0 Å². The molecule has 6 nitrogen and oxygen atoms in total. The summed E-state index contributed by atoms with van der Waals surface area (Å²) in [6.07, 6.45) is -0.209. The summed E-state index contributed by atoms with van der Waals surface area (Å²) in [7, 11) is 0. The fourth-order valence-electron chi connectivity index (χ4n) is 2.45. The molecule has 0 saturated carbocycles. The van der Waals surface area contributed by atoms with E-state index in [1.54, 1.807) is 48.5 Å². The molecule has 0 atom stereocenters. The Morgan fingerprint density at radius 2 is 1.15 bits per heavy atom. The van der Waals surface area contributed by atoms with Gasteiger partial charge < -0.3 is 19.4 Å². The van der Waals surface area contributed by atoms with Crippen molar-refractivity contribution in [3.05, 3.63) is 59.7 Å². The molecule has 0 aromatic heterocycles. The van der Waals surface area contributed by atoms with E-state index in [9.17, 15) is 19.5 Å². The van der Waals surface area contributed by atoms with Crippen LogP contribution in [0.3, 0.4) is 0 Å². The third-order valence-electron chi connectivity index (χ3n) is 3.62. The first-order valence-electron chi connectivity index (χ1n) is 7.86. The fourth-order valence-corrected chi connectivity index (χ4v) is 2.76. The molecule has 0 saturated heterocycles. The first kappa shape index (κ1) is 21.6. The van der Waals surface area contributed by atoms with Crippen molar-refractivity contribution in [2.24, 2.45) is 0 Å². The van der Waals surface area contributed by atoms with Crippen molar-refractivity contribution in [2.45, 2.75) is 12.3 Å². The summed E-state index contributed by atoms with van der Waals surface area (Å²) in [5.41, 5.74) is 1.48. The van der Waals surface area contributed by atoms with Crippen LogP contribution in [0.25, 0.3) is 0 Å². The van der Waals surface area contributed by atoms with E-state index >= 15 is 0 Å². The average molecular weight is 593 g/mol. The second-order valence-corrected chi connectivity index (χ2v) is 7.01. The van der Waals surface area contributed by atoms with E-state index in [0.717, 1.165) is 11.1 Å². The SMILES string of the molecule is O=C([O-])CC(c1ccc(OC(=O)CI)cc1)c1ccc(OC(=O)CI)cc1. The Labute approximate surface area is 183 Å². The molecule has 0 bridgehead atoms. The van der Waals surface area contributed by atoms with Gasteiger partial charge in [-0.2, -0.15) is 0 Å². The summed E-state index contributed by atoms with van der Waals surface area (Å²) in [6.45, 7) is 0. The lowest BCUT2D eigenvalue weighted by Gasteiger charge is -2.19. The van der Waals surface area contributed by atoms with Gasteiger partial charge in [0.05, 0.1) is 8.86 Å². The minimum Gasteiger partial charge on any atom is -0.550 e. The van der Waals surface area contributed by atoms with E-state index < -0.39 is 11.9 Å². The van der Waals surface area contributed by atoms with Gasteiger partial charge in [0.15, 0.2) is 0 Å². The smallest absolute Gasteiger partial charge is 0.321 e. The van der Waals surface area contributed by atoms with Crippen LogP contribution >= 0.6 is 45.2 Å². The van der Waals surface area contributed by atoms with Gasteiger partial charge in [0, 0.05) is 11.9 Å². The van der Waals surface area contributed by atoms with Crippen molar-refractivity contribution in [3.8, 4) is 11.5 Å². The summed E-state index contributed by atoms with van der Waals surface area (Å²) < 4.78 is 10.7. The topological polar surface area (TPSA) is 92.7 Å². The highest BCUT2D eigenvalue weighted by atomic mass is 127. The van der Waals surface area contributed by atoms with Gasteiger partial charge in [0.25, 0.3) is 0 Å². The number of hydrogen-bond donors (Lipinski definition) is 0. The van der Waals surface area contributed by atoms with Crippen LogP contribution in [-0.2, 0) is 14.4 Å². The van der Waals surface area contributed by atoms with Gasteiger partial charge >= 0.3 is 11.9 Å². The quantitative estimate of drug-likeness (QED) is 0.203. The zero-order chi connectivity index (χ0) is 19.8. The van der Waals surface area contributed by atoms with Crippen LogP contribution < -0.4 is 14.6 Å². The predicted molar refractivity (Wildman–Crippen MR) is 113 cm³/mol. The number of carboxylic acids is 1. The van der Waals surface area contributed by atoms with E-state index in [-0.39, 0.29) is 27.2 Å². The van der Waals surface area contributed by atoms with Gasteiger partial charge in [-0.15, -0.1) is 0 Å². The standard InChI is InChI=1S/C19H16I2O6/c20-10-18(24)26-14-5-1-12(2-6-14)16(9-17(22)23)13-3-7-15(8-4-13)27-19(25)11-21/h1-8,16H,9-11H2,(H,22,23)/p-1. The number of hydrogen-bond acceptors (Lipinski definition) is 6. The minimum absolute atomic E-state index is 0.209. The number of rotatable bonds is 8. The Kier molecular flexibility index (Phi) is 8.48. The maximum Gasteiger partial charge on any atom is 0.321 e. The van der Waals surface area contributed by atoms with E-state index in [1.165, 1.54) is 0 Å².